The minimum atomic E-state index is 0.439. The Kier molecular flexibility index (Phi) is 4.94. The van der Waals surface area contributed by atoms with Crippen LogP contribution in [0.5, 0.6) is 5.75 Å². The molecule has 0 heterocycles. The number of thioether (sulfide) groups is 1. The van der Waals surface area contributed by atoms with Crippen LogP contribution in [-0.4, -0.2) is 10.9 Å². The fourth-order valence-corrected chi connectivity index (χ4v) is 3.04. The fraction of sp³-hybridized carbons (Fsp3) is 0.375. The van der Waals surface area contributed by atoms with Crippen LogP contribution in [0.4, 0.5) is 0 Å². The molecule has 2 aromatic rings. The number of fused-ring (bicyclic) bond motifs is 1. The van der Waals surface area contributed by atoms with Crippen molar-refractivity contribution in [1.82, 2.24) is 0 Å². The molecule has 2 heteroatoms. The van der Waals surface area contributed by atoms with Gasteiger partial charge in [-0.15, -0.1) is 11.8 Å². The molecule has 1 N–H and O–H groups in total. The molecule has 0 radical (unpaired) electrons. The molecule has 0 saturated carbocycles. The lowest BCUT2D eigenvalue weighted by Gasteiger charge is -2.07. The van der Waals surface area contributed by atoms with Gasteiger partial charge in [0.25, 0.3) is 0 Å². The lowest BCUT2D eigenvalue weighted by atomic mass is 10.1. The molecule has 0 saturated heterocycles. The van der Waals surface area contributed by atoms with Gasteiger partial charge in [0.05, 0.1) is 0 Å². The number of aromatic hydroxyl groups is 1. The van der Waals surface area contributed by atoms with Crippen LogP contribution in [0.1, 0.15) is 32.6 Å². The molecule has 0 aliphatic heterocycles. The van der Waals surface area contributed by atoms with Crippen LogP contribution < -0.4 is 0 Å². The highest BCUT2D eigenvalue weighted by molar-refractivity contribution is 7.99. The zero-order valence-electron chi connectivity index (χ0n) is 10.9. The summed E-state index contributed by atoms with van der Waals surface area (Å²) in [6.45, 7) is 2.22. The van der Waals surface area contributed by atoms with Crippen LogP contribution in [-0.2, 0) is 0 Å². The summed E-state index contributed by atoms with van der Waals surface area (Å²) >= 11 is 1.76. The zero-order chi connectivity index (χ0) is 12.8. The number of unbranched alkanes of at least 4 members (excludes halogenated alkanes) is 3. The van der Waals surface area contributed by atoms with Crippen LogP contribution in [0.3, 0.4) is 0 Å². The van der Waals surface area contributed by atoms with Crippen molar-refractivity contribution >= 4 is 22.5 Å². The Hall–Kier alpha value is -1.15. The predicted molar refractivity (Wildman–Crippen MR) is 80.5 cm³/mol. The largest absolute Gasteiger partial charge is 0.506 e. The second-order valence-corrected chi connectivity index (χ2v) is 5.68. The standard InChI is InChI=1S/C16H20OS/c1-2-3-4-7-12-18-15-11-10-13-8-5-6-9-14(13)16(15)17/h5-6,8-11,17H,2-4,7,12H2,1H3. The van der Waals surface area contributed by atoms with Crippen molar-refractivity contribution in [3.8, 4) is 5.75 Å². The molecule has 18 heavy (non-hydrogen) atoms. The van der Waals surface area contributed by atoms with Gasteiger partial charge < -0.3 is 5.11 Å². The molecule has 0 spiro atoms. The Morgan fingerprint density at radius 3 is 2.67 bits per heavy atom. The molecular weight excluding hydrogens is 240 g/mol. The van der Waals surface area contributed by atoms with E-state index >= 15 is 0 Å². The van der Waals surface area contributed by atoms with Gasteiger partial charge in [0.15, 0.2) is 0 Å². The lowest BCUT2D eigenvalue weighted by molar-refractivity contribution is 0.469. The molecule has 96 valence electrons. The van der Waals surface area contributed by atoms with Crippen molar-refractivity contribution in [3.63, 3.8) is 0 Å². The molecule has 0 unspecified atom stereocenters. The van der Waals surface area contributed by atoms with Crippen molar-refractivity contribution in [2.24, 2.45) is 0 Å². The summed E-state index contributed by atoms with van der Waals surface area (Å²) in [5.74, 6) is 1.53. The van der Waals surface area contributed by atoms with E-state index in [0.29, 0.717) is 5.75 Å². The smallest absolute Gasteiger partial charge is 0.136 e. The second-order valence-electron chi connectivity index (χ2n) is 4.54. The maximum Gasteiger partial charge on any atom is 0.136 e. The van der Waals surface area contributed by atoms with Crippen molar-refractivity contribution in [2.75, 3.05) is 5.75 Å². The van der Waals surface area contributed by atoms with E-state index in [1.807, 2.05) is 30.3 Å². The molecule has 0 amide bonds. The summed E-state index contributed by atoms with van der Waals surface area (Å²) in [6, 6.07) is 12.1. The van der Waals surface area contributed by atoms with E-state index in [1.165, 1.54) is 25.7 Å². The SMILES string of the molecule is CCCCCCSc1ccc2ccccc2c1O. The quantitative estimate of drug-likeness (QED) is 0.567. The van der Waals surface area contributed by atoms with Gasteiger partial charge in [-0.1, -0.05) is 56.5 Å². The number of phenols is 1. The Bertz CT molecular complexity index is 507. The van der Waals surface area contributed by atoms with Crippen LogP contribution in [0.2, 0.25) is 0 Å². The first-order valence-electron chi connectivity index (χ1n) is 6.66. The summed E-state index contributed by atoms with van der Waals surface area (Å²) in [4.78, 5) is 1.00. The van der Waals surface area contributed by atoms with Gasteiger partial charge in [-0.2, -0.15) is 0 Å². The van der Waals surface area contributed by atoms with Crippen LogP contribution in [0.25, 0.3) is 10.8 Å². The lowest BCUT2D eigenvalue weighted by Crippen LogP contribution is -1.83. The molecule has 1 nitrogen and oxygen atoms in total. The molecule has 0 bridgehead atoms. The summed E-state index contributed by atoms with van der Waals surface area (Å²) in [5, 5.41) is 12.3. The van der Waals surface area contributed by atoms with Gasteiger partial charge in [0.2, 0.25) is 0 Å². The highest BCUT2D eigenvalue weighted by Crippen LogP contribution is 2.35. The van der Waals surface area contributed by atoms with Gasteiger partial charge in [0.1, 0.15) is 5.75 Å². The first kappa shape index (κ1) is 13.3. The maximum atomic E-state index is 10.2. The average molecular weight is 260 g/mol. The van der Waals surface area contributed by atoms with Gasteiger partial charge in [-0.05, 0) is 23.6 Å². The van der Waals surface area contributed by atoms with Gasteiger partial charge in [-0.3, -0.25) is 0 Å². The summed E-state index contributed by atoms with van der Waals surface area (Å²) in [5.41, 5.74) is 0. The summed E-state index contributed by atoms with van der Waals surface area (Å²) in [7, 11) is 0. The highest BCUT2D eigenvalue weighted by atomic mass is 32.2. The monoisotopic (exact) mass is 260 g/mol. The predicted octanol–water partition coefficient (Wildman–Crippen LogP) is 5.22. The Labute approximate surface area is 113 Å². The molecule has 0 aliphatic rings. The molecule has 0 fully saturated rings. The second kappa shape index (κ2) is 6.69. The number of rotatable bonds is 6. The van der Waals surface area contributed by atoms with Crippen LogP contribution >= 0.6 is 11.8 Å². The third-order valence-corrected chi connectivity index (χ3v) is 4.25. The number of phenolic OH excluding ortho intramolecular Hbond substituents is 1. The molecule has 0 aliphatic carbocycles. The number of hydrogen-bond acceptors (Lipinski definition) is 2. The molecule has 2 rings (SSSR count). The van der Waals surface area contributed by atoms with Crippen molar-refractivity contribution in [3.05, 3.63) is 36.4 Å². The Morgan fingerprint density at radius 2 is 1.83 bits per heavy atom. The third kappa shape index (κ3) is 3.20. The summed E-state index contributed by atoms with van der Waals surface area (Å²) < 4.78 is 0. The average Bonchev–Trinajstić information content (AvgIpc) is 2.41. The van der Waals surface area contributed by atoms with E-state index in [2.05, 4.69) is 13.0 Å². The highest BCUT2D eigenvalue weighted by Gasteiger charge is 2.05. The van der Waals surface area contributed by atoms with Crippen molar-refractivity contribution < 1.29 is 5.11 Å². The van der Waals surface area contributed by atoms with Crippen molar-refractivity contribution in [1.29, 1.82) is 0 Å². The Morgan fingerprint density at radius 1 is 1.00 bits per heavy atom. The molecule has 2 aromatic carbocycles. The van der Waals surface area contributed by atoms with Gasteiger partial charge in [0, 0.05) is 10.3 Å². The van der Waals surface area contributed by atoms with E-state index in [9.17, 15) is 5.11 Å². The zero-order valence-corrected chi connectivity index (χ0v) is 11.7. The van der Waals surface area contributed by atoms with Gasteiger partial charge in [-0.25, -0.2) is 0 Å². The first-order valence-corrected chi connectivity index (χ1v) is 7.65. The van der Waals surface area contributed by atoms with E-state index in [1.54, 1.807) is 11.8 Å². The minimum Gasteiger partial charge on any atom is -0.506 e. The minimum absolute atomic E-state index is 0.439. The number of benzene rings is 2. The molecular formula is C16H20OS. The van der Waals surface area contributed by atoms with Crippen LogP contribution in [0, 0.1) is 0 Å². The van der Waals surface area contributed by atoms with E-state index < -0.39 is 0 Å². The maximum absolute atomic E-state index is 10.2. The van der Waals surface area contributed by atoms with E-state index in [0.717, 1.165) is 21.4 Å². The third-order valence-electron chi connectivity index (χ3n) is 3.12. The Balaban J connectivity index is 2.03. The number of hydrogen-bond donors (Lipinski definition) is 1. The van der Waals surface area contributed by atoms with Gasteiger partial charge >= 0.3 is 0 Å². The topological polar surface area (TPSA) is 20.2 Å². The fourth-order valence-electron chi connectivity index (χ4n) is 2.06. The summed E-state index contributed by atoms with van der Waals surface area (Å²) in [6.07, 6.45) is 5.10. The van der Waals surface area contributed by atoms with E-state index in [-0.39, 0.29) is 0 Å². The first-order chi connectivity index (χ1) is 8.83. The molecule has 0 aromatic heterocycles. The molecule has 0 atom stereocenters. The normalized spacial score (nSPS) is 10.9. The van der Waals surface area contributed by atoms with Crippen LogP contribution in [0.15, 0.2) is 41.3 Å². The van der Waals surface area contributed by atoms with E-state index in [4.69, 9.17) is 0 Å². The van der Waals surface area contributed by atoms with Crippen molar-refractivity contribution in [2.45, 2.75) is 37.5 Å².